The Morgan fingerprint density at radius 3 is 2.21 bits per heavy atom. The molecular formula is C33H54O5Si. The maximum Gasteiger partial charge on any atom is 0.192 e. The third-order valence-corrected chi connectivity index (χ3v) is 13.2. The molecule has 0 spiro atoms. The van der Waals surface area contributed by atoms with Gasteiger partial charge in [0.05, 0.1) is 26.4 Å². The number of benzene rings is 1. The maximum absolute atomic E-state index is 14.0. The van der Waals surface area contributed by atoms with Crippen molar-refractivity contribution in [2.45, 2.75) is 99.6 Å². The van der Waals surface area contributed by atoms with E-state index < -0.39 is 8.32 Å². The Morgan fingerprint density at radius 1 is 1.10 bits per heavy atom. The predicted molar refractivity (Wildman–Crippen MR) is 164 cm³/mol. The number of carbonyl (C=O) groups excluding carboxylic acids is 1. The maximum atomic E-state index is 14.0. The average molecular weight is 559 g/mol. The summed E-state index contributed by atoms with van der Waals surface area (Å²) in [6.45, 7) is 24.5. The van der Waals surface area contributed by atoms with E-state index in [0.29, 0.717) is 24.7 Å². The summed E-state index contributed by atoms with van der Waals surface area (Å²) in [5, 5.41) is 11.6. The summed E-state index contributed by atoms with van der Waals surface area (Å²) in [5.41, 5.74) is 2.71. The monoisotopic (exact) mass is 558 g/mol. The fraction of sp³-hybridized carbons (Fsp3) is 0.667. The van der Waals surface area contributed by atoms with Crippen molar-refractivity contribution in [3.05, 3.63) is 52.8 Å². The van der Waals surface area contributed by atoms with Crippen LogP contribution in [0.1, 0.15) is 74.3 Å². The largest absolute Gasteiger partial charge is 0.512 e. The lowest BCUT2D eigenvalue weighted by Crippen LogP contribution is -2.53. The molecule has 1 saturated carbocycles. The number of allylic oxidation sites excluding steroid dienone is 3. The standard InChI is InChI=1S/C33H54O5Si/c1-21(2)13-14-22(3)28-24(5)32(38-39(11,12)33(7,8)9)25(6)31(35)29(28)30(34)23(4)19-37-20-26-15-17-27(36-10)18-16-26/h14-18,21,23-25,28,32,34H,13,19-20H2,1-12H3/b22-14+,30-29+/t23-,24-,25+,28+,32+/m0/s1. The number of aliphatic hydroxyl groups is 1. The van der Waals surface area contributed by atoms with Gasteiger partial charge in [-0.2, -0.15) is 0 Å². The number of aliphatic hydroxyl groups excluding tert-OH is 1. The number of Topliss-reactive ketones (excluding diaryl/α,β-unsaturated/α-hetero) is 1. The molecule has 5 nitrogen and oxygen atoms in total. The average Bonchev–Trinajstić information content (AvgIpc) is 2.86. The first-order chi connectivity index (χ1) is 18.0. The van der Waals surface area contributed by atoms with Crippen LogP contribution >= 0.6 is 0 Å². The molecule has 0 bridgehead atoms. The van der Waals surface area contributed by atoms with Crippen LogP contribution in [-0.4, -0.2) is 39.0 Å². The zero-order chi connectivity index (χ0) is 29.7. The first kappa shape index (κ1) is 33.3. The molecule has 0 aromatic heterocycles. The van der Waals surface area contributed by atoms with Gasteiger partial charge in [0, 0.05) is 23.3 Å². The summed E-state index contributed by atoms with van der Waals surface area (Å²) in [6, 6.07) is 7.75. The van der Waals surface area contributed by atoms with E-state index in [4.69, 9.17) is 13.9 Å². The second-order valence-corrected chi connectivity index (χ2v) is 18.2. The molecule has 6 heteroatoms. The van der Waals surface area contributed by atoms with Gasteiger partial charge in [-0.3, -0.25) is 4.79 Å². The van der Waals surface area contributed by atoms with Crippen molar-refractivity contribution in [1.29, 1.82) is 0 Å². The lowest BCUT2D eigenvalue weighted by Gasteiger charge is -2.47. The number of methoxy groups -OCH3 is 1. The molecule has 39 heavy (non-hydrogen) atoms. The van der Waals surface area contributed by atoms with Crippen LogP contribution in [0, 0.1) is 29.6 Å². The first-order valence-corrected chi connectivity index (χ1v) is 17.4. The quantitative estimate of drug-likeness (QED) is 0.128. The number of hydrogen-bond donors (Lipinski definition) is 1. The van der Waals surface area contributed by atoms with Crippen LogP contribution in [0.3, 0.4) is 0 Å². The van der Waals surface area contributed by atoms with E-state index in [1.54, 1.807) is 7.11 Å². The van der Waals surface area contributed by atoms with Crippen LogP contribution in [0.15, 0.2) is 47.2 Å². The van der Waals surface area contributed by atoms with Gasteiger partial charge in [0.25, 0.3) is 0 Å². The Hall–Kier alpha value is -1.89. The predicted octanol–water partition coefficient (Wildman–Crippen LogP) is 8.51. The van der Waals surface area contributed by atoms with Crippen molar-refractivity contribution in [2.75, 3.05) is 13.7 Å². The van der Waals surface area contributed by atoms with Gasteiger partial charge < -0.3 is 19.0 Å². The molecular weight excluding hydrogens is 504 g/mol. The molecule has 220 valence electrons. The Balaban J connectivity index is 2.38. The second-order valence-electron chi connectivity index (χ2n) is 13.5. The fourth-order valence-electron chi connectivity index (χ4n) is 5.08. The Bertz CT molecular complexity index is 1020. The Labute approximate surface area is 239 Å². The molecule has 0 saturated heterocycles. The lowest BCUT2D eigenvalue weighted by atomic mass is 9.66. The highest BCUT2D eigenvalue weighted by Gasteiger charge is 2.50. The topological polar surface area (TPSA) is 65.0 Å². The van der Waals surface area contributed by atoms with Crippen molar-refractivity contribution < 1.29 is 23.8 Å². The van der Waals surface area contributed by atoms with Crippen LogP contribution in [-0.2, 0) is 20.6 Å². The molecule has 1 N–H and O–H groups in total. The van der Waals surface area contributed by atoms with Gasteiger partial charge in [-0.15, -0.1) is 0 Å². The molecule has 0 radical (unpaired) electrons. The van der Waals surface area contributed by atoms with Crippen molar-refractivity contribution in [3.8, 4) is 5.75 Å². The Morgan fingerprint density at radius 2 is 1.69 bits per heavy atom. The van der Waals surface area contributed by atoms with E-state index in [0.717, 1.165) is 23.3 Å². The van der Waals surface area contributed by atoms with Gasteiger partial charge in [0.1, 0.15) is 11.5 Å². The van der Waals surface area contributed by atoms with Gasteiger partial charge >= 0.3 is 0 Å². The number of ether oxygens (including phenoxy) is 2. The summed E-state index contributed by atoms with van der Waals surface area (Å²) in [4.78, 5) is 14.0. The van der Waals surface area contributed by atoms with E-state index in [1.165, 1.54) is 0 Å². The number of ketones is 1. The van der Waals surface area contributed by atoms with Crippen LogP contribution in [0.4, 0.5) is 0 Å². The lowest BCUT2D eigenvalue weighted by molar-refractivity contribution is -0.127. The van der Waals surface area contributed by atoms with Crippen molar-refractivity contribution in [2.24, 2.45) is 29.6 Å². The second kappa shape index (κ2) is 13.6. The summed E-state index contributed by atoms with van der Waals surface area (Å²) in [5.74, 6) is 0.703. The molecule has 0 unspecified atom stereocenters. The van der Waals surface area contributed by atoms with Crippen molar-refractivity contribution in [3.63, 3.8) is 0 Å². The van der Waals surface area contributed by atoms with Crippen LogP contribution < -0.4 is 4.74 Å². The minimum Gasteiger partial charge on any atom is -0.512 e. The minimum absolute atomic E-state index is 0.00129. The van der Waals surface area contributed by atoms with E-state index in [-0.39, 0.29) is 46.4 Å². The number of hydrogen-bond acceptors (Lipinski definition) is 5. The van der Waals surface area contributed by atoms with Crippen LogP contribution in [0.2, 0.25) is 18.1 Å². The minimum atomic E-state index is -2.11. The van der Waals surface area contributed by atoms with Gasteiger partial charge in [-0.05, 0) is 61.0 Å². The van der Waals surface area contributed by atoms with Gasteiger partial charge in [-0.25, -0.2) is 0 Å². The first-order valence-electron chi connectivity index (χ1n) is 14.5. The summed E-state index contributed by atoms with van der Waals surface area (Å²) in [7, 11) is -0.466. The zero-order valence-corrected chi connectivity index (χ0v) is 27.6. The highest BCUT2D eigenvalue weighted by atomic mass is 28.4. The number of rotatable bonds is 11. The smallest absolute Gasteiger partial charge is 0.192 e. The third-order valence-electron chi connectivity index (χ3n) is 8.70. The van der Waals surface area contributed by atoms with Crippen molar-refractivity contribution in [1.82, 2.24) is 0 Å². The molecule has 1 fully saturated rings. The van der Waals surface area contributed by atoms with E-state index in [1.807, 2.05) is 38.1 Å². The van der Waals surface area contributed by atoms with E-state index in [9.17, 15) is 9.90 Å². The SMILES string of the molecule is COc1ccc(COC[C@H](C)/C(O)=C2\C(=O)[C@@H](C)[C@H](O[Si](C)(C)C(C)(C)C)[C@@H](C)[C@H]2/C(C)=C/CC(C)C)cc1. The van der Waals surface area contributed by atoms with Crippen LogP contribution in [0.25, 0.3) is 0 Å². The Kier molecular flexibility index (Phi) is 11.7. The van der Waals surface area contributed by atoms with Gasteiger partial charge in [0.15, 0.2) is 14.1 Å². The molecule has 1 aromatic carbocycles. The molecule has 1 aliphatic carbocycles. The fourth-order valence-corrected chi connectivity index (χ4v) is 6.53. The highest BCUT2D eigenvalue weighted by Crippen LogP contribution is 2.46. The molecule has 1 aliphatic rings. The zero-order valence-electron chi connectivity index (χ0n) is 26.6. The highest BCUT2D eigenvalue weighted by molar-refractivity contribution is 6.74. The summed E-state index contributed by atoms with van der Waals surface area (Å²) in [6.07, 6.45) is 2.99. The number of carbonyl (C=O) groups is 1. The van der Waals surface area contributed by atoms with E-state index in [2.05, 4.69) is 67.6 Å². The molecule has 5 atom stereocenters. The molecule has 2 rings (SSSR count). The van der Waals surface area contributed by atoms with Crippen molar-refractivity contribution >= 4 is 14.1 Å². The summed E-state index contributed by atoms with van der Waals surface area (Å²) < 4.78 is 18.1. The molecule has 0 aliphatic heterocycles. The normalized spacial score (nSPS) is 25.2. The van der Waals surface area contributed by atoms with Gasteiger partial charge in [-0.1, -0.05) is 79.2 Å². The molecule has 0 heterocycles. The van der Waals surface area contributed by atoms with E-state index >= 15 is 0 Å². The van der Waals surface area contributed by atoms with Gasteiger partial charge in [0.2, 0.25) is 0 Å². The molecule has 0 amide bonds. The molecule has 1 aromatic rings. The third kappa shape index (κ3) is 8.31. The summed E-state index contributed by atoms with van der Waals surface area (Å²) >= 11 is 0. The van der Waals surface area contributed by atoms with Crippen LogP contribution in [0.5, 0.6) is 5.75 Å².